The smallest absolute Gasteiger partial charge is 0.306 e. The summed E-state index contributed by atoms with van der Waals surface area (Å²) in [6.45, 7) is 5.78. The second kappa shape index (κ2) is 14.2. The number of aromatic nitrogens is 4. The number of nitrogens with one attached hydrogen (secondary N) is 1. The van der Waals surface area contributed by atoms with Crippen LogP contribution in [0.15, 0.2) is 12.7 Å². The van der Waals surface area contributed by atoms with Crippen LogP contribution in [0.1, 0.15) is 84.8 Å². The van der Waals surface area contributed by atoms with E-state index in [1.807, 2.05) is 20.8 Å². The molecule has 2 aromatic heterocycles. The summed E-state index contributed by atoms with van der Waals surface area (Å²) in [7, 11) is 0. The Morgan fingerprint density at radius 3 is 2.16 bits per heavy atom. The number of nitrogens with zero attached hydrogens (tertiary/aromatic N) is 3. The highest BCUT2D eigenvalue weighted by Gasteiger charge is 2.51. The van der Waals surface area contributed by atoms with Gasteiger partial charge in [-0.15, -0.1) is 0 Å². The SMILES string of the molecule is CCCCC(=O)OC[C@H]1O[C@@H](n2cnc3c(=S)nc[nH]c32)[C@@H](OC(=O)CCCC)[C@H]1OC(=O)CCCC. The lowest BCUT2D eigenvalue weighted by atomic mass is 10.1. The van der Waals surface area contributed by atoms with E-state index in [9.17, 15) is 14.4 Å². The lowest BCUT2D eigenvalue weighted by molar-refractivity contribution is -0.169. The molecule has 0 aromatic carbocycles. The number of unbranched alkanes of at least 4 members (excludes halogenated alkanes) is 3. The van der Waals surface area contributed by atoms with Gasteiger partial charge in [-0.1, -0.05) is 52.3 Å². The summed E-state index contributed by atoms with van der Waals surface area (Å²) in [6.07, 6.45) is 4.41. The number of fused-ring (bicyclic) bond motifs is 1. The van der Waals surface area contributed by atoms with Crippen molar-refractivity contribution in [3.05, 3.63) is 17.3 Å². The molecule has 37 heavy (non-hydrogen) atoms. The van der Waals surface area contributed by atoms with Crippen LogP contribution in [-0.4, -0.2) is 62.3 Å². The Morgan fingerprint density at radius 1 is 0.946 bits per heavy atom. The quantitative estimate of drug-likeness (QED) is 0.211. The predicted molar refractivity (Wildman–Crippen MR) is 136 cm³/mol. The van der Waals surface area contributed by atoms with E-state index in [2.05, 4.69) is 15.0 Å². The van der Waals surface area contributed by atoms with Crippen LogP contribution in [0.2, 0.25) is 0 Å². The Kier molecular flexibility index (Phi) is 11.0. The van der Waals surface area contributed by atoms with E-state index in [0.717, 1.165) is 19.3 Å². The zero-order chi connectivity index (χ0) is 26.8. The molecule has 0 aliphatic carbocycles. The Morgan fingerprint density at radius 2 is 1.54 bits per heavy atom. The van der Waals surface area contributed by atoms with Crippen molar-refractivity contribution in [2.24, 2.45) is 0 Å². The van der Waals surface area contributed by atoms with E-state index in [4.69, 9.17) is 31.2 Å². The minimum Gasteiger partial charge on any atom is -0.463 e. The van der Waals surface area contributed by atoms with Gasteiger partial charge in [-0.05, 0) is 19.3 Å². The van der Waals surface area contributed by atoms with Crippen LogP contribution in [0.5, 0.6) is 0 Å². The number of aromatic amines is 1. The summed E-state index contributed by atoms with van der Waals surface area (Å²) < 4.78 is 25.3. The summed E-state index contributed by atoms with van der Waals surface area (Å²) in [5.74, 6) is -1.24. The van der Waals surface area contributed by atoms with Gasteiger partial charge in [-0.3, -0.25) is 19.0 Å². The van der Waals surface area contributed by atoms with Gasteiger partial charge in [0.05, 0.1) is 12.7 Å². The third kappa shape index (κ3) is 7.57. The summed E-state index contributed by atoms with van der Waals surface area (Å²) in [6, 6.07) is 0. The monoisotopic (exact) mass is 536 g/mol. The van der Waals surface area contributed by atoms with Crippen LogP contribution >= 0.6 is 12.2 Å². The molecule has 1 N–H and O–H groups in total. The first-order valence-corrected chi connectivity index (χ1v) is 13.4. The van der Waals surface area contributed by atoms with Gasteiger partial charge in [0, 0.05) is 19.3 Å². The van der Waals surface area contributed by atoms with E-state index >= 15 is 0 Å². The lowest BCUT2D eigenvalue weighted by Crippen LogP contribution is -2.41. The third-order valence-electron chi connectivity index (χ3n) is 6.09. The molecule has 12 heteroatoms. The second-order valence-corrected chi connectivity index (χ2v) is 9.41. The van der Waals surface area contributed by atoms with Gasteiger partial charge >= 0.3 is 17.9 Å². The average Bonchev–Trinajstić information content (AvgIpc) is 3.46. The van der Waals surface area contributed by atoms with E-state index in [-0.39, 0.29) is 31.8 Å². The number of ether oxygens (including phenoxy) is 4. The molecule has 0 saturated carbocycles. The number of esters is 3. The van der Waals surface area contributed by atoms with Crippen molar-refractivity contribution in [3.8, 4) is 0 Å². The molecule has 1 saturated heterocycles. The van der Waals surface area contributed by atoms with E-state index in [1.54, 1.807) is 4.57 Å². The fraction of sp³-hybridized carbons (Fsp3) is 0.680. The molecule has 0 spiro atoms. The Balaban J connectivity index is 1.93. The molecular formula is C25H36N4O7S. The molecule has 2 aromatic rings. The first-order chi connectivity index (χ1) is 17.9. The molecule has 3 rings (SSSR count). The minimum absolute atomic E-state index is 0.155. The molecule has 0 unspecified atom stereocenters. The van der Waals surface area contributed by atoms with Crippen molar-refractivity contribution in [2.75, 3.05) is 6.61 Å². The standard InChI is InChI=1S/C25H36N4O7S/c1-4-7-10-17(30)33-13-16-21(35-18(31)11-8-5-2)22(36-19(32)12-9-6-3)25(34-16)29-15-28-20-23(29)26-14-27-24(20)37/h14-16,21-22,25H,4-13H2,1-3H3,(H,26,27,37)/t16-,21+,22+,25-/m1/s1. The van der Waals surface area contributed by atoms with Gasteiger partial charge < -0.3 is 23.9 Å². The molecular weight excluding hydrogens is 500 g/mol. The maximum atomic E-state index is 12.7. The van der Waals surface area contributed by atoms with E-state index in [1.165, 1.54) is 12.7 Å². The normalized spacial score (nSPS) is 21.2. The number of imidazole rings is 1. The predicted octanol–water partition coefficient (Wildman–Crippen LogP) is 4.32. The zero-order valence-electron chi connectivity index (χ0n) is 21.6. The molecule has 0 bridgehead atoms. The van der Waals surface area contributed by atoms with Gasteiger partial charge in [0.25, 0.3) is 0 Å². The Hall–Kier alpha value is -2.86. The van der Waals surface area contributed by atoms with E-state index < -0.39 is 36.5 Å². The summed E-state index contributed by atoms with van der Waals surface area (Å²) in [4.78, 5) is 49.0. The van der Waals surface area contributed by atoms with Crippen molar-refractivity contribution in [3.63, 3.8) is 0 Å². The van der Waals surface area contributed by atoms with Crippen LogP contribution in [0.25, 0.3) is 11.2 Å². The molecule has 1 aliphatic rings. The summed E-state index contributed by atoms with van der Waals surface area (Å²) in [5, 5.41) is 0. The van der Waals surface area contributed by atoms with Crippen molar-refractivity contribution >= 4 is 41.3 Å². The van der Waals surface area contributed by atoms with Crippen molar-refractivity contribution in [1.82, 2.24) is 19.5 Å². The van der Waals surface area contributed by atoms with Gasteiger partial charge in [-0.2, -0.15) is 0 Å². The number of hydrogen-bond acceptors (Lipinski definition) is 10. The number of H-pyrrole nitrogens is 1. The first kappa shape index (κ1) is 28.7. The zero-order valence-corrected chi connectivity index (χ0v) is 22.5. The fourth-order valence-electron chi connectivity index (χ4n) is 4.03. The van der Waals surface area contributed by atoms with Gasteiger partial charge in [0.2, 0.25) is 0 Å². The Labute approximate surface area is 221 Å². The minimum atomic E-state index is -0.998. The van der Waals surface area contributed by atoms with Crippen LogP contribution in [0, 0.1) is 4.64 Å². The average molecular weight is 537 g/mol. The highest BCUT2D eigenvalue weighted by Crippen LogP contribution is 2.36. The third-order valence-corrected chi connectivity index (χ3v) is 6.38. The molecule has 3 heterocycles. The number of carbonyl (C=O) groups excluding carboxylic acids is 3. The first-order valence-electron chi connectivity index (χ1n) is 13.0. The van der Waals surface area contributed by atoms with E-state index in [0.29, 0.717) is 35.1 Å². The maximum absolute atomic E-state index is 12.7. The van der Waals surface area contributed by atoms with Gasteiger partial charge in [0.1, 0.15) is 23.9 Å². The number of hydrogen-bond donors (Lipinski definition) is 1. The van der Waals surface area contributed by atoms with Gasteiger partial charge in [-0.25, -0.2) is 9.97 Å². The molecule has 0 amide bonds. The van der Waals surface area contributed by atoms with Crippen molar-refractivity contribution in [2.45, 2.75) is 103 Å². The number of carbonyl (C=O) groups is 3. The largest absolute Gasteiger partial charge is 0.463 e. The highest BCUT2D eigenvalue weighted by atomic mass is 32.1. The summed E-state index contributed by atoms with van der Waals surface area (Å²) in [5.41, 5.74) is 0.958. The Bertz CT molecular complexity index is 1120. The van der Waals surface area contributed by atoms with Crippen molar-refractivity contribution < 1.29 is 33.3 Å². The maximum Gasteiger partial charge on any atom is 0.306 e. The van der Waals surface area contributed by atoms with Crippen LogP contribution < -0.4 is 0 Å². The lowest BCUT2D eigenvalue weighted by Gasteiger charge is -2.25. The molecule has 4 atom stereocenters. The van der Waals surface area contributed by atoms with Crippen LogP contribution in [0.4, 0.5) is 0 Å². The highest BCUT2D eigenvalue weighted by molar-refractivity contribution is 7.71. The molecule has 0 radical (unpaired) electrons. The molecule has 1 fully saturated rings. The second-order valence-electron chi connectivity index (χ2n) is 9.02. The molecule has 204 valence electrons. The topological polar surface area (TPSA) is 135 Å². The van der Waals surface area contributed by atoms with Crippen LogP contribution in [0.3, 0.4) is 0 Å². The van der Waals surface area contributed by atoms with Crippen molar-refractivity contribution in [1.29, 1.82) is 0 Å². The van der Waals surface area contributed by atoms with Crippen LogP contribution in [-0.2, 0) is 33.3 Å². The van der Waals surface area contributed by atoms with Gasteiger partial charge in [0.15, 0.2) is 23.1 Å². The number of rotatable bonds is 14. The molecule has 1 aliphatic heterocycles. The molecule has 11 nitrogen and oxygen atoms in total. The fourth-order valence-corrected chi connectivity index (χ4v) is 4.23. The summed E-state index contributed by atoms with van der Waals surface area (Å²) >= 11 is 5.28.